The molecule has 0 N–H and O–H groups in total. The van der Waals surface area contributed by atoms with Gasteiger partial charge in [0.25, 0.3) is 0 Å². The van der Waals surface area contributed by atoms with Crippen LogP contribution in [0, 0.1) is 0 Å². The predicted molar refractivity (Wildman–Crippen MR) is 73.3 cm³/mol. The van der Waals surface area contributed by atoms with E-state index in [4.69, 9.17) is 14.5 Å². The minimum absolute atomic E-state index is 0.307. The van der Waals surface area contributed by atoms with Crippen molar-refractivity contribution in [2.45, 2.75) is 44.4 Å². The average molecular weight is 280 g/mol. The van der Waals surface area contributed by atoms with Crippen molar-refractivity contribution in [1.29, 1.82) is 0 Å². The lowest BCUT2D eigenvalue weighted by molar-refractivity contribution is -0.190. The van der Waals surface area contributed by atoms with Crippen molar-refractivity contribution in [2.24, 2.45) is 0 Å². The molecule has 1 spiro atoms. The third kappa shape index (κ3) is 2.33. The van der Waals surface area contributed by atoms with E-state index in [1.54, 1.807) is 0 Å². The van der Waals surface area contributed by atoms with Gasteiger partial charge in [-0.25, -0.2) is 4.98 Å². The van der Waals surface area contributed by atoms with E-state index in [9.17, 15) is 0 Å². The molecule has 2 saturated heterocycles. The van der Waals surface area contributed by atoms with Crippen LogP contribution in [0.3, 0.4) is 0 Å². The van der Waals surface area contributed by atoms with Gasteiger partial charge >= 0.3 is 0 Å². The van der Waals surface area contributed by atoms with E-state index in [1.165, 1.54) is 34.8 Å². The van der Waals surface area contributed by atoms with Crippen LogP contribution in [0.5, 0.6) is 0 Å². The fourth-order valence-electron chi connectivity index (χ4n) is 3.44. The topological polar surface area (TPSA) is 34.6 Å². The first kappa shape index (κ1) is 12.3. The van der Waals surface area contributed by atoms with Gasteiger partial charge in [0.1, 0.15) is 5.01 Å². The highest BCUT2D eigenvalue weighted by atomic mass is 32.1. The second-order valence-corrected chi connectivity index (χ2v) is 6.92. The second-order valence-electron chi connectivity index (χ2n) is 5.75. The Morgan fingerprint density at radius 3 is 2.95 bits per heavy atom. The zero-order valence-electron chi connectivity index (χ0n) is 11.2. The van der Waals surface area contributed by atoms with Crippen molar-refractivity contribution in [2.75, 3.05) is 26.3 Å². The summed E-state index contributed by atoms with van der Waals surface area (Å²) in [5, 5.41) is 1.28. The van der Waals surface area contributed by atoms with Gasteiger partial charge in [-0.1, -0.05) is 0 Å². The SMILES string of the molecule is C1Cc2nc(CN3CCCC4(C3)OCCO4)sc2C1. The number of hydrogen-bond donors (Lipinski definition) is 0. The zero-order valence-corrected chi connectivity index (χ0v) is 12.0. The third-order valence-corrected chi connectivity index (χ3v) is 5.45. The Labute approximate surface area is 117 Å². The van der Waals surface area contributed by atoms with Crippen LogP contribution in [-0.4, -0.2) is 42.0 Å². The minimum atomic E-state index is -0.307. The molecule has 1 aliphatic carbocycles. The zero-order chi connectivity index (χ0) is 12.7. The molecule has 1 aromatic heterocycles. The molecule has 4 nitrogen and oxygen atoms in total. The normalized spacial score (nSPS) is 26.1. The number of piperidine rings is 1. The molecule has 0 atom stereocenters. The van der Waals surface area contributed by atoms with Crippen LogP contribution in [0.4, 0.5) is 0 Å². The molecule has 1 aromatic rings. The van der Waals surface area contributed by atoms with Crippen LogP contribution < -0.4 is 0 Å². The van der Waals surface area contributed by atoms with Crippen molar-refractivity contribution in [1.82, 2.24) is 9.88 Å². The summed E-state index contributed by atoms with van der Waals surface area (Å²) in [5.74, 6) is -0.307. The van der Waals surface area contributed by atoms with E-state index in [2.05, 4.69) is 4.90 Å². The highest BCUT2D eigenvalue weighted by molar-refractivity contribution is 7.11. The standard InChI is InChI=1S/C14H20N2O2S/c1-3-11-12(4-1)19-13(15-11)9-16-6-2-5-14(10-16)17-7-8-18-14/h1-10H2. The second kappa shape index (κ2) is 4.81. The van der Waals surface area contributed by atoms with Crippen molar-refractivity contribution in [3.8, 4) is 0 Å². The van der Waals surface area contributed by atoms with E-state index >= 15 is 0 Å². The number of aromatic nitrogens is 1. The maximum atomic E-state index is 5.83. The van der Waals surface area contributed by atoms with Crippen molar-refractivity contribution in [3.05, 3.63) is 15.6 Å². The summed E-state index contributed by atoms with van der Waals surface area (Å²) in [6, 6.07) is 0. The number of hydrogen-bond acceptors (Lipinski definition) is 5. The molecular formula is C14H20N2O2S. The first-order chi connectivity index (χ1) is 9.33. The third-order valence-electron chi connectivity index (χ3n) is 4.31. The largest absolute Gasteiger partial charge is 0.346 e. The number of nitrogens with zero attached hydrogens (tertiary/aromatic N) is 2. The maximum absolute atomic E-state index is 5.83. The fraction of sp³-hybridized carbons (Fsp3) is 0.786. The molecule has 19 heavy (non-hydrogen) atoms. The number of ether oxygens (including phenoxy) is 2. The Morgan fingerprint density at radius 1 is 1.21 bits per heavy atom. The molecular weight excluding hydrogens is 260 g/mol. The minimum Gasteiger partial charge on any atom is -0.346 e. The molecule has 3 aliphatic rings. The van der Waals surface area contributed by atoms with E-state index in [0.29, 0.717) is 0 Å². The van der Waals surface area contributed by atoms with E-state index in [-0.39, 0.29) is 5.79 Å². The van der Waals surface area contributed by atoms with Gasteiger partial charge in [0.15, 0.2) is 5.79 Å². The number of thiazole rings is 1. The van der Waals surface area contributed by atoms with Gasteiger partial charge < -0.3 is 9.47 Å². The molecule has 0 amide bonds. The summed E-state index contributed by atoms with van der Waals surface area (Å²) in [5.41, 5.74) is 1.36. The van der Waals surface area contributed by atoms with Gasteiger partial charge in [0.05, 0.1) is 32.0 Å². The molecule has 0 bridgehead atoms. The summed E-state index contributed by atoms with van der Waals surface area (Å²) in [6.45, 7) is 4.50. The predicted octanol–water partition coefficient (Wildman–Crippen LogP) is 1.97. The van der Waals surface area contributed by atoms with E-state index < -0.39 is 0 Å². The fourth-order valence-corrected chi connectivity index (χ4v) is 4.64. The molecule has 0 radical (unpaired) electrons. The smallest absolute Gasteiger partial charge is 0.181 e. The molecule has 2 aliphatic heterocycles. The van der Waals surface area contributed by atoms with Crippen molar-refractivity contribution < 1.29 is 9.47 Å². The molecule has 2 fully saturated rings. The Bertz CT molecular complexity index is 447. The van der Waals surface area contributed by atoms with Gasteiger partial charge in [0.2, 0.25) is 0 Å². The molecule has 0 unspecified atom stereocenters. The lowest BCUT2D eigenvalue weighted by Gasteiger charge is -2.38. The van der Waals surface area contributed by atoms with Gasteiger partial charge in [-0.3, -0.25) is 4.90 Å². The Kier molecular flexibility index (Phi) is 3.10. The quantitative estimate of drug-likeness (QED) is 0.829. The Morgan fingerprint density at radius 2 is 2.11 bits per heavy atom. The lowest BCUT2D eigenvalue weighted by Crippen LogP contribution is -2.48. The van der Waals surface area contributed by atoms with Crippen LogP contribution >= 0.6 is 11.3 Å². The van der Waals surface area contributed by atoms with Crippen LogP contribution in [0.2, 0.25) is 0 Å². The lowest BCUT2D eigenvalue weighted by atomic mass is 10.0. The average Bonchev–Trinajstić information content (AvgIpc) is 3.06. The first-order valence-corrected chi connectivity index (χ1v) is 8.12. The van der Waals surface area contributed by atoms with E-state index in [0.717, 1.165) is 45.7 Å². The van der Waals surface area contributed by atoms with Crippen LogP contribution in [0.15, 0.2) is 0 Å². The number of fused-ring (bicyclic) bond motifs is 1. The maximum Gasteiger partial charge on any atom is 0.181 e. The summed E-state index contributed by atoms with van der Waals surface area (Å²) >= 11 is 1.91. The Hall–Kier alpha value is -0.490. The molecule has 3 heterocycles. The van der Waals surface area contributed by atoms with Crippen molar-refractivity contribution >= 4 is 11.3 Å². The highest BCUT2D eigenvalue weighted by Gasteiger charge is 2.40. The molecule has 5 heteroatoms. The number of likely N-dealkylation sites (tertiary alicyclic amines) is 1. The molecule has 0 aromatic carbocycles. The van der Waals surface area contributed by atoms with Crippen LogP contribution in [-0.2, 0) is 28.9 Å². The molecule has 104 valence electrons. The summed E-state index contributed by atoms with van der Waals surface area (Å²) in [6.07, 6.45) is 5.91. The van der Waals surface area contributed by atoms with Gasteiger partial charge in [-0.2, -0.15) is 0 Å². The molecule has 4 rings (SSSR count). The first-order valence-electron chi connectivity index (χ1n) is 7.31. The number of aryl methyl sites for hydroxylation is 2. The van der Waals surface area contributed by atoms with E-state index in [1.807, 2.05) is 11.3 Å². The monoisotopic (exact) mass is 280 g/mol. The summed E-state index contributed by atoms with van der Waals surface area (Å²) < 4.78 is 11.7. The number of rotatable bonds is 2. The highest BCUT2D eigenvalue weighted by Crippen LogP contribution is 2.32. The molecule has 0 saturated carbocycles. The summed E-state index contributed by atoms with van der Waals surface area (Å²) in [4.78, 5) is 8.77. The van der Waals surface area contributed by atoms with Crippen molar-refractivity contribution in [3.63, 3.8) is 0 Å². The van der Waals surface area contributed by atoms with Gasteiger partial charge in [-0.15, -0.1) is 11.3 Å². The van der Waals surface area contributed by atoms with Gasteiger partial charge in [0, 0.05) is 11.3 Å². The summed E-state index contributed by atoms with van der Waals surface area (Å²) in [7, 11) is 0. The van der Waals surface area contributed by atoms with Gasteiger partial charge in [-0.05, 0) is 32.2 Å². The Balaban J connectivity index is 1.44. The van der Waals surface area contributed by atoms with Crippen LogP contribution in [0.25, 0.3) is 0 Å². The van der Waals surface area contributed by atoms with Crippen LogP contribution in [0.1, 0.15) is 34.8 Å².